The monoisotopic (exact) mass is 258 g/mol. The molecule has 1 heterocycles. The fourth-order valence-corrected chi connectivity index (χ4v) is 1.77. The summed E-state index contributed by atoms with van der Waals surface area (Å²) in [5.41, 5.74) is 0.260. The molecule has 0 unspecified atom stereocenters. The number of anilines is 1. The highest BCUT2D eigenvalue weighted by Crippen LogP contribution is 2.15. The number of nitrogens with zero attached hydrogens (tertiary/aromatic N) is 1. The summed E-state index contributed by atoms with van der Waals surface area (Å²) >= 11 is 1.28. The van der Waals surface area contributed by atoms with Crippen LogP contribution in [-0.4, -0.2) is 37.2 Å². The van der Waals surface area contributed by atoms with Crippen LogP contribution < -0.4 is 5.32 Å². The molecule has 1 aromatic rings. The highest BCUT2D eigenvalue weighted by atomic mass is 32.1. The van der Waals surface area contributed by atoms with Crippen LogP contribution in [0.1, 0.15) is 23.8 Å². The highest BCUT2D eigenvalue weighted by Gasteiger charge is 2.10. The lowest BCUT2D eigenvalue weighted by Gasteiger charge is -2.02. The minimum absolute atomic E-state index is 0.259. The van der Waals surface area contributed by atoms with Crippen molar-refractivity contribution >= 4 is 28.4 Å². The van der Waals surface area contributed by atoms with Gasteiger partial charge < -0.3 is 14.8 Å². The first kappa shape index (κ1) is 13.4. The van der Waals surface area contributed by atoms with Crippen molar-refractivity contribution in [3.8, 4) is 0 Å². The Balaban J connectivity index is 2.35. The molecule has 0 spiro atoms. The van der Waals surface area contributed by atoms with Crippen molar-refractivity contribution in [3.63, 3.8) is 0 Å². The Morgan fingerprint density at radius 3 is 2.94 bits per heavy atom. The van der Waals surface area contributed by atoms with Crippen molar-refractivity contribution in [1.29, 1.82) is 0 Å². The lowest BCUT2D eigenvalue weighted by Crippen LogP contribution is -2.11. The number of methoxy groups -OCH3 is 1. The SMILES string of the molecule is CCOC(=O)CCNc1nc(C(=O)OC)cs1. The van der Waals surface area contributed by atoms with Gasteiger partial charge in [0, 0.05) is 11.9 Å². The predicted molar refractivity (Wildman–Crippen MR) is 63.2 cm³/mol. The molecule has 0 aliphatic rings. The van der Waals surface area contributed by atoms with Gasteiger partial charge in [0.25, 0.3) is 0 Å². The number of aromatic nitrogens is 1. The number of esters is 2. The van der Waals surface area contributed by atoms with Crippen LogP contribution in [0.2, 0.25) is 0 Å². The molecular formula is C10H14N2O4S. The average molecular weight is 258 g/mol. The van der Waals surface area contributed by atoms with Gasteiger partial charge in [-0.3, -0.25) is 4.79 Å². The van der Waals surface area contributed by atoms with Gasteiger partial charge >= 0.3 is 11.9 Å². The summed E-state index contributed by atoms with van der Waals surface area (Å²) in [4.78, 5) is 26.2. The number of nitrogens with one attached hydrogen (secondary N) is 1. The van der Waals surface area contributed by atoms with Crippen molar-refractivity contribution < 1.29 is 19.1 Å². The van der Waals surface area contributed by atoms with E-state index < -0.39 is 5.97 Å². The lowest BCUT2D eigenvalue weighted by molar-refractivity contribution is -0.142. The minimum Gasteiger partial charge on any atom is -0.466 e. The summed E-state index contributed by atoms with van der Waals surface area (Å²) in [5.74, 6) is -0.732. The highest BCUT2D eigenvalue weighted by molar-refractivity contribution is 7.13. The van der Waals surface area contributed by atoms with Crippen molar-refractivity contribution in [1.82, 2.24) is 4.98 Å². The molecule has 0 amide bonds. The number of ether oxygens (including phenoxy) is 2. The molecule has 1 N–H and O–H groups in total. The summed E-state index contributed by atoms with van der Waals surface area (Å²) in [5, 5.41) is 5.11. The van der Waals surface area contributed by atoms with E-state index in [4.69, 9.17) is 4.74 Å². The van der Waals surface area contributed by atoms with E-state index in [9.17, 15) is 9.59 Å². The third-order valence-corrected chi connectivity index (χ3v) is 2.61. The summed E-state index contributed by atoms with van der Waals surface area (Å²) in [6, 6.07) is 0. The van der Waals surface area contributed by atoms with Crippen molar-refractivity contribution in [2.24, 2.45) is 0 Å². The standard InChI is InChI=1S/C10H14N2O4S/c1-3-16-8(13)4-5-11-10-12-7(6-17-10)9(14)15-2/h6H,3-5H2,1-2H3,(H,11,12). The number of hydrogen-bond acceptors (Lipinski definition) is 7. The van der Waals surface area contributed by atoms with Crippen LogP contribution in [0.15, 0.2) is 5.38 Å². The Morgan fingerprint density at radius 2 is 2.29 bits per heavy atom. The molecule has 0 saturated carbocycles. The van der Waals surface area contributed by atoms with Gasteiger partial charge in [-0.1, -0.05) is 0 Å². The molecule has 17 heavy (non-hydrogen) atoms. The van der Waals surface area contributed by atoms with Gasteiger partial charge in [0.2, 0.25) is 0 Å². The zero-order chi connectivity index (χ0) is 12.7. The van der Waals surface area contributed by atoms with E-state index in [-0.39, 0.29) is 18.1 Å². The third kappa shape index (κ3) is 4.39. The maximum atomic E-state index is 11.1. The Morgan fingerprint density at radius 1 is 1.53 bits per heavy atom. The van der Waals surface area contributed by atoms with Gasteiger partial charge in [-0.25, -0.2) is 9.78 Å². The first-order chi connectivity index (χ1) is 8.17. The van der Waals surface area contributed by atoms with E-state index in [2.05, 4.69) is 15.0 Å². The molecule has 0 aliphatic heterocycles. The summed E-state index contributed by atoms with van der Waals surface area (Å²) in [6.45, 7) is 2.56. The number of rotatable bonds is 6. The zero-order valence-electron chi connectivity index (χ0n) is 9.69. The fraction of sp³-hybridized carbons (Fsp3) is 0.500. The molecule has 0 fully saturated rings. The van der Waals surface area contributed by atoms with Crippen LogP contribution in [0.5, 0.6) is 0 Å². The minimum atomic E-state index is -0.473. The van der Waals surface area contributed by atoms with E-state index in [1.807, 2.05) is 0 Å². The maximum absolute atomic E-state index is 11.1. The van der Waals surface area contributed by atoms with E-state index in [1.165, 1.54) is 18.4 Å². The Bertz CT molecular complexity index is 391. The number of carbonyl (C=O) groups is 2. The summed E-state index contributed by atoms with van der Waals surface area (Å²) < 4.78 is 9.30. The number of hydrogen-bond donors (Lipinski definition) is 1. The van der Waals surface area contributed by atoms with Gasteiger partial charge in [0.1, 0.15) is 0 Å². The Labute approximate surface area is 103 Å². The van der Waals surface area contributed by atoms with Gasteiger partial charge in [-0.2, -0.15) is 0 Å². The fourth-order valence-electron chi connectivity index (χ4n) is 1.06. The van der Waals surface area contributed by atoms with Gasteiger partial charge in [-0.05, 0) is 6.92 Å². The molecule has 94 valence electrons. The van der Waals surface area contributed by atoms with Crippen LogP contribution >= 0.6 is 11.3 Å². The molecule has 0 bridgehead atoms. The molecule has 0 saturated heterocycles. The number of carbonyl (C=O) groups excluding carboxylic acids is 2. The van der Waals surface area contributed by atoms with Crippen LogP contribution in [0, 0.1) is 0 Å². The second-order valence-corrected chi connectivity index (χ2v) is 3.87. The van der Waals surface area contributed by atoms with Crippen molar-refractivity contribution in [2.75, 3.05) is 25.6 Å². The van der Waals surface area contributed by atoms with Crippen molar-refractivity contribution in [3.05, 3.63) is 11.1 Å². The quantitative estimate of drug-likeness (QED) is 0.775. The van der Waals surface area contributed by atoms with Gasteiger partial charge in [0.05, 0.1) is 20.1 Å². The zero-order valence-corrected chi connectivity index (χ0v) is 10.5. The Hall–Kier alpha value is -1.63. The molecular weight excluding hydrogens is 244 g/mol. The first-order valence-corrected chi connectivity index (χ1v) is 5.98. The van der Waals surface area contributed by atoms with E-state index in [1.54, 1.807) is 12.3 Å². The molecule has 0 aromatic carbocycles. The van der Waals surface area contributed by atoms with Gasteiger partial charge in [-0.15, -0.1) is 11.3 Å². The first-order valence-electron chi connectivity index (χ1n) is 5.10. The molecule has 1 rings (SSSR count). The van der Waals surface area contributed by atoms with E-state index in [0.717, 1.165) is 0 Å². The Kier molecular flexibility index (Phi) is 5.41. The normalized spacial score (nSPS) is 9.76. The average Bonchev–Trinajstić information content (AvgIpc) is 2.77. The third-order valence-electron chi connectivity index (χ3n) is 1.81. The van der Waals surface area contributed by atoms with E-state index in [0.29, 0.717) is 18.3 Å². The topological polar surface area (TPSA) is 77.5 Å². The second kappa shape index (κ2) is 6.85. The second-order valence-electron chi connectivity index (χ2n) is 3.01. The number of thiazole rings is 1. The summed E-state index contributed by atoms with van der Waals surface area (Å²) in [7, 11) is 1.30. The predicted octanol–water partition coefficient (Wildman–Crippen LogP) is 1.29. The molecule has 7 heteroatoms. The smallest absolute Gasteiger partial charge is 0.357 e. The lowest BCUT2D eigenvalue weighted by atomic mass is 10.4. The van der Waals surface area contributed by atoms with Crippen LogP contribution in [-0.2, 0) is 14.3 Å². The van der Waals surface area contributed by atoms with Crippen LogP contribution in [0.3, 0.4) is 0 Å². The maximum Gasteiger partial charge on any atom is 0.357 e. The molecule has 0 radical (unpaired) electrons. The molecule has 6 nitrogen and oxygen atoms in total. The molecule has 0 atom stereocenters. The van der Waals surface area contributed by atoms with E-state index >= 15 is 0 Å². The molecule has 0 aliphatic carbocycles. The van der Waals surface area contributed by atoms with Crippen LogP contribution in [0.25, 0.3) is 0 Å². The van der Waals surface area contributed by atoms with Gasteiger partial charge in [0.15, 0.2) is 10.8 Å². The van der Waals surface area contributed by atoms with Crippen LogP contribution in [0.4, 0.5) is 5.13 Å². The molecule has 1 aromatic heterocycles. The summed E-state index contributed by atoms with van der Waals surface area (Å²) in [6.07, 6.45) is 0.265. The largest absolute Gasteiger partial charge is 0.466 e. The van der Waals surface area contributed by atoms with Crippen molar-refractivity contribution in [2.45, 2.75) is 13.3 Å².